The third kappa shape index (κ3) is 2.46. The molecule has 3 aromatic rings. The minimum Gasteiger partial charge on any atom is -0.387 e. The number of benzene rings is 2. The molecule has 114 valence electrons. The lowest BCUT2D eigenvalue weighted by Gasteiger charge is -2.13. The van der Waals surface area contributed by atoms with Gasteiger partial charge in [-0.15, -0.1) is 0 Å². The summed E-state index contributed by atoms with van der Waals surface area (Å²) >= 11 is 0. The Balaban J connectivity index is 2.02. The lowest BCUT2D eigenvalue weighted by molar-refractivity contribution is 0.155. The molecule has 0 aliphatic heterocycles. The lowest BCUT2D eigenvalue weighted by atomic mass is 10.1. The van der Waals surface area contributed by atoms with Gasteiger partial charge in [0, 0.05) is 6.54 Å². The van der Waals surface area contributed by atoms with Crippen LogP contribution in [0.5, 0.6) is 0 Å². The van der Waals surface area contributed by atoms with E-state index in [9.17, 15) is 5.11 Å². The summed E-state index contributed by atoms with van der Waals surface area (Å²) in [5.74, 6) is 0. The van der Waals surface area contributed by atoms with Gasteiger partial charge in [-0.05, 0) is 31.5 Å². The number of fused-ring (bicyclic) bond motifs is 1. The summed E-state index contributed by atoms with van der Waals surface area (Å²) in [5, 5.41) is 18.9. The van der Waals surface area contributed by atoms with Gasteiger partial charge in [0.1, 0.15) is 0 Å². The maximum atomic E-state index is 10.5. The summed E-state index contributed by atoms with van der Waals surface area (Å²) in [6.07, 6.45) is -0.620. The number of aliphatic hydroxyl groups excluding tert-OH is 1. The molecule has 0 radical (unpaired) electrons. The van der Waals surface area contributed by atoms with Crippen molar-refractivity contribution in [3.05, 3.63) is 65.3 Å². The van der Waals surface area contributed by atoms with Gasteiger partial charge in [0.15, 0.2) is 0 Å². The van der Waals surface area contributed by atoms with Gasteiger partial charge in [-0.25, -0.2) is 0 Å². The standard InChI is InChI=1S/C18H21N3O/c1-3-20-15-6-4-5-7-16(15)21(18(20)19)12-17(22)14-10-8-13(2)9-11-14/h4-11,17,19,22H,3,12H2,1-2H3/t17-/m0/s1. The molecule has 0 unspecified atom stereocenters. The fourth-order valence-electron chi connectivity index (χ4n) is 2.87. The minimum absolute atomic E-state index is 0.384. The Hall–Kier alpha value is -2.33. The van der Waals surface area contributed by atoms with Crippen molar-refractivity contribution in [1.29, 1.82) is 5.41 Å². The largest absolute Gasteiger partial charge is 0.387 e. The summed E-state index contributed by atoms with van der Waals surface area (Å²) < 4.78 is 3.83. The lowest BCUT2D eigenvalue weighted by Crippen LogP contribution is -2.26. The van der Waals surface area contributed by atoms with Gasteiger partial charge in [0.05, 0.1) is 23.7 Å². The maximum absolute atomic E-state index is 10.5. The van der Waals surface area contributed by atoms with Crippen LogP contribution < -0.4 is 5.62 Å². The molecular weight excluding hydrogens is 274 g/mol. The normalized spacial score (nSPS) is 12.7. The van der Waals surface area contributed by atoms with Crippen LogP contribution in [0, 0.1) is 12.3 Å². The average Bonchev–Trinajstić information content (AvgIpc) is 2.80. The van der Waals surface area contributed by atoms with Crippen LogP contribution in [0.2, 0.25) is 0 Å². The van der Waals surface area contributed by atoms with Crippen LogP contribution in [0.15, 0.2) is 48.5 Å². The van der Waals surface area contributed by atoms with Crippen molar-refractivity contribution in [3.8, 4) is 0 Å². The summed E-state index contributed by atoms with van der Waals surface area (Å²) in [6, 6.07) is 15.9. The highest BCUT2D eigenvalue weighted by Gasteiger charge is 2.14. The van der Waals surface area contributed by atoms with Crippen LogP contribution in [0.3, 0.4) is 0 Å². The number of aryl methyl sites for hydroxylation is 2. The Morgan fingerprint density at radius 3 is 2.18 bits per heavy atom. The third-order valence-corrected chi connectivity index (χ3v) is 4.11. The van der Waals surface area contributed by atoms with Crippen LogP contribution in [0.4, 0.5) is 0 Å². The van der Waals surface area contributed by atoms with Crippen molar-refractivity contribution in [2.75, 3.05) is 0 Å². The molecule has 0 bridgehead atoms. The summed E-state index contributed by atoms with van der Waals surface area (Å²) in [6.45, 7) is 5.19. The Kier molecular flexibility index (Phi) is 3.86. The van der Waals surface area contributed by atoms with Gasteiger partial charge in [0.25, 0.3) is 0 Å². The van der Waals surface area contributed by atoms with E-state index in [4.69, 9.17) is 5.41 Å². The van der Waals surface area contributed by atoms with E-state index in [-0.39, 0.29) is 0 Å². The van der Waals surface area contributed by atoms with Gasteiger partial charge in [-0.2, -0.15) is 0 Å². The number of nitrogens with zero attached hydrogens (tertiary/aromatic N) is 2. The molecule has 0 saturated heterocycles. The van der Waals surface area contributed by atoms with Crippen LogP contribution >= 0.6 is 0 Å². The number of hydrogen-bond donors (Lipinski definition) is 2. The van der Waals surface area contributed by atoms with Crippen molar-refractivity contribution in [3.63, 3.8) is 0 Å². The summed E-state index contributed by atoms with van der Waals surface area (Å²) in [7, 11) is 0. The van der Waals surface area contributed by atoms with Crippen LogP contribution in [0.1, 0.15) is 24.2 Å². The van der Waals surface area contributed by atoms with E-state index >= 15 is 0 Å². The van der Waals surface area contributed by atoms with Crippen LogP contribution in [-0.2, 0) is 13.1 Å². The number of aliphatic hydroxyl groups is 1. The third-order valence-electron chi connectivity index (χ3n) is 4.11. The highest BCUT2D eigenvalue weighted by atomic mass is 16.3. The number of rotatable bonds is 4. The second-order valence-corrected chi connectivity index (χ2v) is 5.59. The number of para-hydroxylation sites is 2. The Morgan fingerprint density at radius 2 is 1.59 bits per heavy atom. The molecule has 0 aliphatic carbocycles. The molecule has 4 heteroatoms. The predicted octanol–water partition coefficient (Wildman–Crippen LogP) is 2.98. The van der Waals surface area contributed by atoms with Gasteiger partial charge in [-0.3, -0.25) is 5.41 Å². The molecule has 2 N–H and O–H groups in total. The quantitative estimate of drug-likeness (QED) is 0.764. The van der Waals surface area contributed by atoms with E-state index in [0.717, 1.165) is 23.1 Å². The Bertz CT molecular complexity index is 843. The average molecular weight is 295 g/mol. The molecule has 0 aliphatic rings. The first kappa shape index (κ1) is 14.6. The molecule has 0 spiro atoms. The van der Waals surface area contributed by atoms with E-state index in [1.54, 1.807) is 0 Å². The Morgan fingerprint density at radius 1 is 1.00 bits per heavy atom. The molecule has 1 heterocycles. The summed E-state index contributed by atoms with van der Waals surface area (Å²) in [4.78, 5) is 0. The first-order chi connectivity index (χ1) is 10.6. The molecule has 0 amide bonds. The molecule has 0 fully saturated rings. The molecule has 2 aromatic carbocycles. The minimum atomic E-state index is -0.620. The molecule has 1 aromatic heterocycles. The van der Waals surface area contributed by atoms with Crippen LogP contribution in [-0.4, -0.2) is 14.2 Å². The van der Waals surface area contributed by atoms with Gasteiger partial charge in [0.2, 0.25) is 5.62 Å². The van der Waals surface area contributed by atoms with Crippen molar-refractivity contribution >= 4 is 11.0 Å². The fraction of sp³-hybridized carbons (Fsp3) is 0.278. The smallest absolute Gasteiger partial charge is 0.203 e. The number of aromatic nitrogens is 2. The highest BCUT2D eigenvalue weighted by Crippen LogP contribution is 2.19. The van der Waals surface area contributed by atoms with Gasteiger partial charge < -0.3 is 14.2 Å². The zero-order valence-corrected chi connectivity index (χ0v) is 13.0. The Labute approximate surface area is 129 Å². The topological polar surface area (TPSA) is 53.9 Å². The second kappa shape index (κ2) is 5.81. The fourth-order valence-corrected chi connectivity index (χ4v) is 2.87. The van der Waals surface area contributed by atoms with E-state index < -0.39 is 6.10 Å². The van der Waals surface area contributed by atoms with E-state index in [1.807, 2.05) is 71.5 Å². The predicted molar refractivity (Wildman–Crippen MR) is 87.6 cm³/mol. The molecule has 22 heavy (non-hydrogen) atoms. The first-order valence-corrected chi connectivity index (χ1v) is 7.59. The van der Waals surface area contributed by atoms with Crippen molar-refractivity contribution in [1.82, 2.24) is 9.13 Å². The van der Waals surface area contributed by atoms with Gasteiger partial charge in [-0.1, -0.05) is 42.0 Å². The van der Waals surface area contributed by atoms with E-state index in [2.05, 4.69) is 0 Å². The van der Waals surface area contributed by atoms with E-state index in [1.165, 1.54) is 5.56 Å². The van der Waals surface area contributed by atoms with Gasteiger partial charge >= 0.3 is 0 Å². The molecular formula is C18H21N3O. The molecule has 1 atom stereocenters. The molecule has 0 saturated carbocycles. The maximum Gasteiger partial charge on any atom is 0.203 e. The first-order valence-electron chi connectivity index (χ1n) is 7.59. The number of imidazole rings is 1. The molecule has 4 nitrogen and oxygen atoms in total. The van der Waals surface area contributed by atoms with Crippen molar-refractivity contribution < 1.29 is 5.11 Å². The van der Waals surface area contributed by atoms with E-state index in [0.29, 0.717) is 12.2 Å². The SMILES string of the molecule is CCn1c(=N)n(C[C@H](O)c2ccc(C)cc2)c2ccccc21. The van der Waals surface area contributed by atoms with Crippen molar-refractivity contribution in [2.24, 2.45) is 0 Å². The number of nitrogens with one attached hydrogen (secondary N) is 1. The zero-order chi connectivity index (χ0) is 15.7. The van der Waals surface area contributed by atoms with Crippen molar-refractivity contribution in [2.45, 2.75) is 33.0 Å². The summed E-state index contributed by atoms with van der Waals surface area (Å²) in [5.41, 5.74) is 4.50. The zero-order valence-electron chi connectivity index (χ0n) is 13.0. The molecule has 3 rings (SSSR count). The number of hydrogen-bond acceptors (Lipinski definition) is 2. The highest BCUT2D eigenvalue weighted by molar-refractivity contribution is 5.75. The monoisotopic (exact) mass is 295 g/mol. The second-order valence-electron chi connectivity index (χ2n) is 5.59. The van der Waals surface area contributed by atoms with Crippen LogP contribution in [0.25, 0.3) is 11.0 Å².